The van der Waals surface area contributed by atoms with E-state index in [1.165, 1.54) is 0 Å². The molecule has 0 bridgehead atoms. The molecular weight excluding hydrogens is 897 g/mol. The normalized spacial score (nSPS) is 13.5. The summed E-state index contributed by atoms with van der Waals surface area (Å²) >= 11 is 0. The van der Waals surface area contributed by atoms with Gasteiger partial charge in [-0.15, -0.1) is 0 Å². The van der Waals surface area contributed by atoms with Crippen molar-refractivity contribution in [2.24, 2.45) is 0 Å². The number of aromatic hydroxyl groups is 4. The molecule has 0 aromatic heterocycles. The van der Waals surface area contributed by atoms with Gasteiger partial charge in [0.15, 0.2) is 65.9 Å². The highest BCUT2D eigenvalue weighted by Crippen LogP contribution is 2.43. The van der Waals surface area contributed by atoms with Crippen molar-refractivity contribution >= 4 is 0 Å². The molecule has 414 valence electrons. The first-order valence-corrected chi connectivity index (χ1v) is 23.0. The molecule has 0 heterocycles. The number of rotatable bonds is 26. The van der Waals surface area contributed by atoms with Crippen molar-refractivity contribution in [2.45, 2.75) is 224 Å². The van der Waals surface area contributed by atoms with Crippen LogP contribution in [0, 0.1) is 0 Å². The van der Waals surface area contributed by atoms with Gasteiger partial charge in [-0.3, -0.25) is 0 Å². The van der Waals surface area contributed by atoms with Gasteiger partial charge in [-0.1, -0.05) is 86.1 Å². The number of phenols is 4. The van der Waals surface area contributed by atoms with Crippen molar-refractivity contribution in [3.63, 3.8) is 0 Å². The van der Waals surface area contributed by atoms with E-state index in [9.17, 15) is 20.4 Å². The third-order valence-corrected chi connectivity index (χ3v) is 10.2. The molecule has 0 saturated carbocycles. The summed E-state index contributed by atoms with van der Waals surface area (Å²) in [6, 6.07) is 10.6. The Balaban J connectivity index is -0.000000212. The Hall–Kier alpha value is -4.34. The molecule has 0 aliphatic rings. The van der Waals surface area contributed by atoms with Crippen LogP contribution in [0.25, 0.3) is 0 Å². The van der Waals surface area contributed by atoms with Gasteiger partial charge >= 0.3 is 0 Å². The van der Waals surface area contributed by atoms with Gasteiger partial charge in [0.25, 0.3) is 0 Å². The molecule has 0 spiro atoms. The van der Waals surface area contributed by atoms with E-state index in [0.717, 1.165) is 36.0 Å². The van der Waals surface area contributed by atoms with Crippen LogP contribution in [-0.2, 0) is 23.7 Å². The zero-order valence-corrected chi connectivity index (χ0v) is 41.6. The van der Waals surface area contributed by atoms with Crippen molar-refractivity contribution in [1.82, 2.24) is 0 Å². The minimum absolute atomic E-state index is 0. The molecule has 0 aliphatic carbocycles. The number of ether oxygens (including phenoxy) is 10. The Morgan fingerprint density at radius 2 is 0.557 bits per heavy atom. The van der Waals surface area contributed by atoms with Crippen molar-refractivity contribution in [3.8, 4) is 51.7 Å². The number of hydrogen-bond donors (Lipinski definition) is 4. The van der Waals surface area contributed by atoms with Gasteiger partial charge in [-0.2, -0.15) is 0 Å². The third-order valence-electron chi connectivity index (χ3n) is 10.2. The quantitative estimate of drug-likeness (QED) is 0.0559. The lowest BCUT2D eigenvalue weighted by atomic mass is 9.98. The molecule has 0 aliphatic heterocycles. The summed E-state index contributed by atoms with van der Waals surface area (Å²) in [6.07, 6.45) is 0.559. The van der Waals surface area contributed by atoms with E-state index in [4.69, 9.17) is 47.4 Å². The number of hydrogen-bond acceptors (Lipinski definition) is 14. The first-order valence-electron chi connectivity index (χ1n) is 23.0. The predicted molar refractivity (Wildman–Crippen MR) is 291 cm³/mol. The highest BCUT2D eigenvalue weighted by molar-refractivity contribution is 5.55. The highest BCUT2D eigenvalue weighted by atomic mass is 16.7. The van der Waals surface area contributed by atoms with E-state index in [0.29, 0.717) is 62.1 Å². The summed E-state index contributed by atoms with van der Waals surface area (Å²) in [5.41, 5.74) is 2.94. The highest BCUT2D eigenvalue weighted by Gasteiger charge is 2.22. The van der Waals surface area contributed by atoms with Crippen LogP contribution in [0.1, 0.15) is 209 Å². The molecule has 3 aromatic carbocycles. The Kier molecular flexibility index (Phi) is 45.5. The largest absolute Gasteiger partial charge is 0.504 e. The summed E-state index contributed by atoms with van der Waals surface area (Å²) in [5.74, 6) is 2.36. The molecule has 8 atom stereocenters. The molecule has 14 nitrogen and oxygen atoms in total. The Bertz CT molecular complexity index is 1680. The van der Waals surface area contributed by atoms with E-state index >= 15 is 0 Å². The maximum absolute atomic E-state index is 10.4. The fourth-order valence-corrected chi connectivity index (χ4v) is 6.11. The molecular formula is C56H106O14. The number of benzene rings is 3. The standard InChI is InChI=1S/2C18H30O5.C14H22O4.6CH4/c1-7-12(4)15-10-16(22-13(5)20-8-2)18(19)17(11-15)23-14(6)21-9-3;1-7-12(4)15-10-16(19)18(23-14(6)21-9-3)17(11-15)22-13(5)20-8-2;1-5-9(3)11-7-12(15)14(13(16)8-11)18-10(4)17-6-2;;;;;;/h2*10-14,19H,7-9H2,1-6H3;7-10,15-16H,5-6H2,1-4H3;6*1H4. The lowest BCUT2D eigenvalue weighted by Crippen LogP contribution is -2.19. The molecule has 4 N–H and O–H groups in total. The van der Waals surface area contributed by atoms with Gasteiger partial charge in [0, 0.05) is 33.0 Å². The van der Waals surface area contributed by atoms with E-state index in [2.05, 4.69) is 34.6 Å². The van der Waals surface area contributed by atoms with Crippen LogP contribution >= 0.6 is 0 Å². The first kappa shape index (κ1) is 77.1. The molecule has 3 rings (SSSR count). The monoisotopic (exact) mass is 1000 g/mol. The van der Waals surface area contributed by atoms with Crippen molar-refractivity contribution in [2.75, 3.05) is 33.0 Å². The molecule has 0 radical (unpaired) electrons. The summed E-state index contributed by atoms with van der Waals surface area (Å²) < 4.78 is 55.1. The van der Waals surface area contributed by atoms with Crippen molar-refractivity contribution in [1.29, 1.82) is 0 Å². The summed E-state index contributed by atoms with van der Waals surface area (Å²) in [5, 5.41) is 40.6. The Labute approximate surface area is 428 Å². The second-order valence-corrected chi connectivity index (χ2v) is 15.3. The van der Waals surface area contributed by atoms with Crippen LogP contribution in [0.2, 0.25) is 0 Å². The molecule has 8 unspecified atom stereocenters. The van der Waals surface area contributed by atoms with Gasteiger partial charge in [-0.05, 0) is 159 Å². The second-order valence-electron chi connectivity index (χ2n) is 15.3. The molecule has 0 amide bonds. The molecule has 14 heteroatoms. The maximum atomic E-state index is 10.4. The van der Waals surface area contributed by atoms with Crippen molar-refractivity contribution < 1.29 is 67.8 Å². The summed E-state index contributed by atoms with van der Waals surface area (Å²) in [6.45, 7) is 33.5. The first-order chi connectivity index (χ1) is 30.3. The van der Waals surface area contributed by atoms with E-state index in [1.807, 2.05) is 66.7 Å². The zero-order valence-electron chi connectivity index (χ0n) is 41.6. The van der Waals surface area contributed by atoms with Crippen LogP contribution in [-0.4, -0.2) is 84.9 Å². The van der Waals surface area contributed by atoms with Gasteiger partial charge in [0.1, 0.15) is 0 Å². The fraction of sp³-hybridized carbons (Fsp3) is 0.679. The molecule has 0 saturated heterocycles. The summed E-state index contributed by atoms with van der Waals surface area (Å²) in [7, 11) is 0. The fourth-order valence-electron chi connectivity index (χ4n) is 6.11. The van der Waals surface area contributed by atoms with E-state index < -0.39 is 31.5 Å². The SMILES string of the molecule is C.C.C.C.C.C.CCOC(C)Oc1c(O)cc(C(C)CC)cc1O.CCOC(C)Oc1cc(C(C)CC)cc(O)c1OC(C)OCC.CCOC(C)Oc1cc(C(C)CC)cc(OC(C)OCC)c1O. The maximum Gasteiger partial charge on any atom is 0.206 e. The summed E-state index contributed by atoms with van der Waals surface area (Å²) in [4.78, 5) is 0. The Morgan fingerprint density at radius 1 is 0.329 bits per heavy atom. The van der Waals surface area contributed by atoms with Gasteiger partial charge in [0.05, 0.1) is 0 Å². The lowest BCUT2D eigenvalue weighted by Gasteiger charge is -2.22. The van der Waals surface area contributed by atoms with Crippen molar-refractivity contribution in [3.05, 3.63) is 53.1 Å². The van der Waals surface area contributed by atoms with Crippen LogP contribution in [0.3, 0.4) is 0 Å². The van der Waals surface area contributed by atoms with Crippen LogP contribution < -0.4 is 23.7 Å². The predicted octanol–water partition coefficient (Wildman–Crippen LogP) is 16.0. The lowest BCUT2D eigenvalue weighted by molar-refractivity contribution is -0.0774. The minimum Gasteiger partial charge on any atom is -0.504 e. The molecule has 70 heavy (non-hydrogen) atoms. The molecule has 0 fully saturated rings. The average molecular weight is 1000 g/mol. The topological polar surface area (TPSA) is 173 Å². The third kappa shape index (κ3) is 26.8. The van der Waals surface area contributed by atoms with Crippen LogP contribution in [0.4, 0.5) is 0 Å². The number of phenolic OH excluding ortho intramolecular Hbond substituents is 4. The van der Waals surface area contributed by atoms with Crippen LogP contribution in [0.5, 0.6) is 51.7 Å². The Morgan fingerprint density at radius 3 is 0.857 bits per heavy atom. The van der Waals surface area contributed by atoms with Gasteiger partial charge < -0.3 is 67.8 Å². The second kappa shape index (κ2) is 41.3. The zero-order chi connectivity index (χ0) is 48.5. The van der Waals surface area contributed by atoms with Crippen LogP contribution in [0.15, 0.2) is 36.4 Å². The smallest absolute Gasteiger partial charge is 0.206 e. The van der Waals surface area contributed by atoms with E-state index in [1.54, 1.807) is 45.9 Å². The minimum atomic E-state index is -0.513. The van der Waals surface area contributed by atoms with Gasteiger partial charge in [0.2, 0.25) is 17.2 Å². The molecule has 3 aromatic rings. The average Bonchev–Trinajstić information content (AvgIpc) is 3.24. The van der Waals surface area contributed by atoms with E-state index in [-0.39, 0.29) is 85.0 Å². The van der Waals surface area contributed by atoms with Gasteiger partial charge in [-0.25, -0.2) is 0 Å².